The van der Waals surface area contributed by atoms with Gasteiger partial charge in [-0.1, -0.05) is 13.8 Å². The van der Waals surface area contributed by atoms with Gasteiger partial charge in [0.2, 0.25) is 5.92 Å². The molecule has 0 aliphatic heterocycles. The topological polar surface area (TPSA) is 143 Å². The Morgan fingerprint density at radius 1 is 1.14 bits per heavy atom. The summed E-state index contributed by atoms with van der Waals surface area (Å²) < 4.78 is 46.1. The fourth-order valence-corrected chi connectivity index (χ4v) is 4.46. The summed E-state index contributed by atoms with van der Waals surface area (Å²) in [7, 11) is 0. The number of alkyl halides is 2. The third-order valence-electron chi connectivity index (χ3n) is 6.40. The van der Waals surface area contributed by atoms with Crippen molar-refractivity contribution < 1.29 is 47.6 Å². The second kappa shape index (κ2) is 11.5. The molecule has 1 aromatic carbocycles. The number of carbonyl (C=O) groups excluding carboxylic acids is 1. The summed E-state index contributed by atoms with van der Waals surface area (Å²) in [4.78, 5) is 45.9. The number of ether oxygens (including phenoxy) is 1. The van der Waals surface area contributed by atoms with Crippen LogP contribution in [0.3, 0.4) is 0 Å². The van der Waals surface area contributed by atoms with Crippen molar-refractivity contribution in [3.05, 3.63) is 38.3 Å². The van der Waals surface area contributed by atoms with Crippen LogP contribution in [0.5, 0.6) is 5.75 Å². The predicted molar refractivity (Wildman–Crippen MR) is 129 cm³/mol. The number of hydrogen-bond donors (Lipinski definition) is 3. The van der Waals surface area contributed by atoms with Crippen LogP contribution in [0.15, 0.2) is 21.4 Å². The first-order valence-corrected chi connectivity index (χ1v) is 12.2. The predicted octanol–water partition coefficient (Wildman–Crippen LogP) is 4.79. The van der Waals surface area contributed by atoms with Crippen LogP contribution >= 0.6 is 15.9 Å². The molecule has 3 N–H and O–H groups in total. The number of hydrogen-bond acceptors (Lipinski definition) is 6. The van der Waals surface area contributed by atoms with E-state index in [1.165, 1.54) is 13.0 Å². The molecule has 13 heteroatoms. The normalized spacial score (nSPS) is 14.9. The van der Waals surface area contributed by atoms with Gasteiger partial charge in [0.25, 0.3) is 5.56 Å². The lowest BCUT2D eigenvalue weighted by molar-refractivity contribution is -0.165. The molecule has 1 saturated carbocycles. The molecule has 3 rings (SSSR count). The second-order valence-electron chi connectivity index (χ2n) is 8.67. The Hall–Kier alpha value is -3.09. The van der Waals surface area contributed by atoms with E-state index in [2.05, 4.69) is 15.9 Å². The Morgan fingerprint density at radius 2 is 1.68 bits per heavy atom. The van der Waals surface area contributed by atoms with Crippen LogP contribution in [0.4, 0.5) is 13.2 Å². The van der Waals surface area contributed by atoms with Gasteiger partial charge in [0.1, 0.15) is 11.6 Å². The van der Waals surface area contributed by atoms with Crippen molar-refractivity contribution in [2.75, 3.05) is 6.61 Å². The molecule has 1 heterocycles. The lowest BCUT2D eigenvalue weighted by Gasteiger charge is -2.35. The van der Waals surface area contributed by atoms with E-state index < -0.39 is 70.7 Å². The Bertz CT molecular complexity index is 1250. The zero-order valence-corrected chi connectivity index (χ0v) is 21.9. The van der Waals surface area contributed by atoms with Crippen LogP contribution in [0.25, 0.3) is 10.9 Å². The number of esters is 1. The fraction of sp³-hybridized carbons (Fsp3) is 0.500. The van der Waals surface area contributed by atoms with Gasteiger partial charge >= 0.3 is 17.9 Å². The molecule has 0 saturated heterocycles. The molecule has 1 aliphatic carbocycles. The first-order valence-electron chi connectivity index (χ1n) is 11.4. The Kier molecular flexibility index (Phi) is 9.39. The Labute approximate surface area is 218 Å². The monoisotopic (exact) mass is 593 g/mol. The van der Waals surface area contributed by atoms with Gasteiger partial charge in [-0.2, -0.15) is 0 Å². The maximum absolute atomic E-state index is 14.0. The van der Waals surface area contributed by atoms with E-state index in [4.69, 9.17) is 14.9 Å². The van der Waals surface area contributed by atoms with Crippen molar-refractivity contribution in [1.82, 2.24) is 4.57 Å². The van der Waals surface area contributed by atoms with Gasteiger partial charge in [-0.25, -0.2) is 18.0 Å². The number of aromatic hydroxyl groups is 1. The fourth-order valence-electron chi connectivity index (χ4n) is 4.12. The second-order valence-corrected chi connectivity index (χ2v) is 9.53. The van der Waals surface area contributed by atoms with Gasteiger partial charge in [-0.3, -0.25) is 14.4 Å². The molecule has 0 spiro atoms. The number of benzene rings is 1. The van der Waals surface area contributed by atoms with E-state index >= 15 is 0 Å². The number of nitrogens with zero attached hydrogens (tertiary/aromatic N) is 1. The molecule has 0 unspecified atom stereocenters. The van der Waals surface area contributed by atoms with Crippen molar-refractivity contribution in [1.29, 1.82) is 0 Å². The van der Waals surface area contributed by atoms with E-state index in [0.29, 0.717) is 0 Å². The molecule has 37 heavy (non-hydrogen) atoms. The van der Waals surface area contributed by atoms with Crippen molar-refractivity contribution in [3.8, 4) is 5.75 Å². The first kappa shape index (κ1) is 30.1. The molecule has 1 aromatic heterocycles. The first-order chi connectivity index (χ1) is 17.1. The number of carbonyl (C=O) groups is 3. The summed E-state index contributed by atoms with van der Waals surface area (Å²) in [5, 5.41) is 27.7. The molecule has 0 bridgehead atoms. The van der Waals surface area contributed by atoms with Gasteiger partial charge < -0.3 is 24.6 Å². The van der Waals surface area contributed by atoms with Crippen molar-refractivity contribution in [3.63, 3.8) is 0 Å². The van der Waals surface area contributed by atoms with Crippen LogP contribution in [-0.4, -0.2) is 50.3 Å². The van der Waals surface area contributed by atoms with Gasteiger partial charge in [0.15, 0.2) is 11.0 Å². The van der Waals surface area contributed by atoms with Crippen LogP contribution in [0.2, 0.25) is 0 Å². The van der Waals surface area contributed by atoms with E-state index in [-0.39, 0.29) is 41.4 Å². The standard InChI is InChI=1S/C17H15BrF3NO4.C7H12O4/c1-2-26-16(25)13-14(23)9-3-10(18)11(19)4-12(9)22(15(13)24)7-8-5-17(20,21)6-8;1-3-7(4-2,5(8)9)6(10)11/h3-4,8,23H,2,5-7H2,1H3;3-4H2,1-2H3,(H,8,9)(H,10,11). The number of aromatic nitrogens is 1. The molecule has 2 aromatic rings. The minimum atomic E-state index is -2.78. The molecular weight excluding hydrogens is 567 g/mol. The summed E-state index contributed by atoms with van der Waals surface area (Å²) >= 11 is 2.99. The average molecular weight is 594 g/mol. The van der Waals surface area contributed by atoms with E-state index in [1.54, 1.807) is 13.8 Å². The van der Waals surface area contributed by atoms with Crippen molar-refractivity contribution in [2.45, 2.75) is 58.9 Å². The minimum Gasteiger partial charge on any atom is -0.506 e. The highest BCUT2D eigenvalue weighted by Gasteiger charge is 2.45. The number of halogens is 4. The van der Waals surface area contributed by atoms with Crippen LogP contribution in [-0.2, 0) is 20.9 Å². The summed E-state index contributed by atoms with van der Waals surface area (Å²) in [6, 6.07) is 2.25. The molecule has 9 nitrogen and oxygen atoms in total. The summed E-state index contributed by atoms with van der Waals surface area (Å²) in [5.74, 6) is -8.11. The van der Waals surface area contributed by atoms with Crippen molar-refractivity contribution >= 4 is 44.7 Å². The zero-order chi connectivity index (χ0) is 28.3. The summed E-state index contributed by atoms with van der Waals surface area (Å²) in [6.45, 7) is 4.53. The number of rotatable bonds is 8. The average Bonchev–Trinajstić information content (AvgIpc) is 2.78. The maximum atomic E-state index is 14.0. The highest BCUT2D eigenvalue weighted by Crippen LogP contribution is 2.43. The third kappa shape index (κ3) is 6.08. The number of aliphatic carboxylic acids is 2. The molecule has 1 aliphatic rings. The molecule has 204 valence electrons. The third-order valence-corrected chi connectivity index (χ3v) is 7.01. The zero-order valence-electron chi connectivity index (χ0n) is 20.3. The molecule has 1 fully saturated rings. The molecular formula is C24H27BrF3NO8. The van der Waals surface area contributed by atoms with E-state index in [0.717, 1.165) is 10.6 Å². The summed E-state index contributed by atoms with van der Waals surface area (Å²) in [6.07, 6.45) is -0.548. The van der Waals surface area contributed by atoms with Gasteiger partial charge in [0.05, 0.1) is 16.6 Å². The number of carboxylic acids is 2. The smallest absolute Gasteiger partial charge is 0.347 e. The lowest BCUT2D eigenvalue weighted by Crippen LogP contribution is -2.40. The Balaban J connectivity index is 0.000000371. The number of fused-ring (bicyclic) bond motifs is 1. The SMILES string of the molecule is CCC(CC)(C(=O)O)C(=O)O.CCOC(=O)c1c(O)c2cc(Br)c(F)cc2n(CC2CC(F)(F)C2)c1=O. The van der Waals surface area contributed by atoms with E-state index in [1.807, 2.05) is 0 Å². The van der Waals surface area contributed by atoms with Gasteiger partial charge in [-0.15, -0.1) is 0 Å². The molecule has 0 radical (unpaired) electrons. The highest BCUT2D eigenvalue weighted by molar-refractivity contribution is 9.10. The maximum Gasteiger partial charge on any atom is 0.347 e. The lowest BCUT2D eigenvalue weighted by atomic mass is 9.81. The highest BCUT2D eigenvalue weighted by atomic mass is 79.9. The van der Waals surface area contributed by atoms with Gasteiger partial charge in [0, 0.05) is 24.8 Å². The number of pyridine rings is 1. The molecule has 0 amide bonds. The van der Waals surface area contributed by atoms with Crippen LogP contribution < -0.4 is 5.56 Å². The molecule has 0 atom stereocenters. The Morgan fingerprint density at radius 3 is 2.08 bits per heavy atom. The van der Waals surface area contributed by atoms with E-state index in [9.17, 15) is 37.5 Å². The van der Waals surface area contributed by atoms with Crippen LogP contribution in [0, 0.1) is 17.2 Å². The largest absolute Gasteiger partial charge is 0.506 e. The summed E-state index contributed by atoms with van der Waals surface area (Å²) in [5.41, 5.74) is -3.05. The minimum absolute atomic E-state index is 0.0162. The van der Waals surface area contributed by atoms with Crippen LogP contribution in [0.1, 0.15) is 56.8 Å². The van der Waals surface area contributed by atoms with Gasteiger partial charge in [-0.05, 0) is 53.7 Å². The quantitative estimate of drug-likeness (QED) is 0.293. The van der Waals surface area contributed by atoms with Crippen molar-refractivity contribution in [2.24, 2.45) is 11.3 Å². The number of carboxylic acid groups (broad SMARTS) is 2.